The minimum Gasteiger partial charge on any atom is -0.475 e. The van der Waals surface area contributed by atoms with Gasteiger partial charge >= 0.3 is 12.1 Å². The van der Waals surface area contributed by atoms with Crippen molar-refractivity contribution in [2.45, 2.75) is 23.4 Å². The summed E-state index contributed by atoms with van der Waals surface area (Å²) in [4.78, 5) is 26.5. The highest BCUT2D eigenvalue weighted by molar-refractivity contribution is 8.01. The van der Waals surface area contributed by atoms with Crippen molar-refractivity contribution in [2.75, 3.05) is 30.9 Å². The molecule has 1 unspecified atom stereocenters. The van der Waals surface area contributed by atoms with Crippen LogP contribution in [0.1, 0.15) is 6.42 Å². The third-order valence-corrected chi connectivity index (χ3v) is 6.11. The van der Waals surface area contributed by atoms with Crippen molar-refractivity contribution in [2.24, 2.45) is 0 Å². The Morgan fingerprint density at radius 2 is 2.11 bits per heavy atom. The summed E-state index contributed by atoms with van der Waals surface area (Å²) >= 11 is 3.38. The number of aromatic nitrogens is 1. The second-order valence-electron chi connectivity index (χ2n) is 6.21. The maximum atomic E-state index is 13.5. The van der Waals surface area contributed by atoms with Gasteiger partial charge in [0.1, 0.15) is 6.10 Å². The normalized spacial score (nSPS) is 20.2. The van der Waals surface area contributed by atoms with Crippen LogP contribution in [-0.2, 0) is 9.59 Å². The van der Waals surface area contributed by atoms with E-state index in [0.717, 1.165) is 25.3 Å². The van der Waals surface area contributed by atoms with E-state index < -0.39 is 18.0 Å². The molecule has 28 heavy (non-hydrogen) atoms. The minimum absolute atomic E-state index is 0.0304. The lowest BCUT2D eigenvalue weighted by atomic mass is 9.93. The van der Waals surface area contributed by atoms with Gasteiger partial charge in [-0.25, -0.2) is 14.2 Å². The second kappa shape index (κ2) is 9.21. The Morgan fingerprint density at radius 3 is 2.64 bits per heavy atom. The maximum absolute atomic E-state index is 13.5. The van der Waals surface area contributed by atoms with E-state index >= 15 is 0 Å². The van der Waals surface area contributed by atoms with Crippen molar-refractivity contribution in [3.05, 3.63) is 24.1 Å². The zero-order valence-electron chi connectivity index (χ0n) is 14.7. The zero-order chi connectivity index (χ0) is 20.9. The Morgan fingerprint density at radius 1 is 1.46 bits per heavy atom. The van der Waals surface area contributed by atoms with Gasteiger partial charge in [0.25, 0.3) is 5.88 Å². The number of hydrogen-bond acceptors (Lipinski definition) is 6. The van der Waals surface area contributed by atoms with Gasteiger partial charge in [0.05, 0.1) is 10.5 Å². The number of halogens is 4. The van der Waals surface area contributed by atoms with Crippen LogP contribution in [0, 0.1) is 5.82 Å². The van der Waals surface area contributed by atoms with E-state index in [4.69, 9.17) is 14.6 Å². The van der Waals surface area contributed by atoms with Crippen LogP contribution in [0.2, 0.25) is 0 Å². The van der Waals surface area contributed by atoms with Crippen molar-refractivity contribution in [1.29, 1.82) is 0 Å². The molecule has 156 valence electrons. The number of hydrogen-bond donors (Lipinski definition) is 1. The third kappa shape index (κ3) is 5.90. The molecule has 12 heteroatoms. The number of ether oxygens (including phenoxy) is 1. The van der Waals surface area contributed by atoms with E-state index in [1.54, 1.807) is 17.8 Å². The predicted molar refractivity (Wildman–Crippen MR) is 97.1 cm³/mol. The van der Waals surface area contributed by atoms with Gasteiger partial charge in [0.15, 0.2) is 5.82 Å². The highest BCUT2D eigenvalue weighted by Crippen LogP contribution is 2.46. The fourth-order valence-corrected chi connectivity index (χ4v) is 4.71. The number of rotatable bonds is 4. The summed E-state index contributed by atoms with van der Waals surface area (Å²) in [6.07, 6.45) is -0.806. The fourth-order valence-electron chi connectivity index (χ4n) is 2.75. The van der Waals surface area contributed by atoms with Gasteiger partial charge in [-0.3, -0.25) is 4.79 Å². The Labute approximate surface area is 167 Å². The molecule has 1 atom stereocenters. The number of carbonyl (C=O) groups excluding carboxylic acids is 1. The number of pyridine rings is 1. The molecule has 0 aromatic carbocycles. The molecule has 0 bridgehead atoms. The van der Waals surface area contributed by atoms with E-state index in [0.29, 0.717) is 5.75 Å². The van der Waals surface area contributed by atoms with E-state index in [9.17, 15) is 22.4 Å². The lowest BCUT2D eigenvalue weighted by molar-refractivity contribution is -0.192. The first-order valence-electron chi connectivity index (χ1n) is 8.04. The number of aliphatic carboxylic acids is 1. The summed E-state index contributed by atoms with van der Waals surface area (Å²) in [5.41, 5.74) is 0. The molecule has 0 aliphatic carbocycles. The largest absolute Gasteiger partial charge is 0.490 e. The standard InChI is InChI=1S/C14H17FN2O2S2.C2HF3O2/c1-20-7-12(18)17-8-14(9-17)5-10(6-21-14)19-13-11(15)3-2-4-16-13;3-2(4,5)1(6)7/h2-4,10H,5-9H2,1H3;(H,6,7). The molecule has 2 fully saturated rings. The molecule has 2 aliphatic rings. The van der Waals surface area contributed by atoms with E-state index in [2.05, 4.69) is 4.98 Å². The molecule has 1 spiro atoms. The maximum Gasteiger partial charge on any atom is 0.490 e. The highest BCUT2D eigenvalue weighted by Gasteiger charge is 2.51. The van der Waals surface area contributed by atoms with Gasteiger partial charge < -0.3 is 14.7 Å². The lowest BCUT2D eigenvalue weighted by Gasteiger charge is -2.47. The van der Waals surface area contributed by atoms with E-state index in [-0.39, 0.29) is 22.6 Å². The first-order chi connectivity index (χ1) is 13.1. The predicted octanol–water partition coefficient (Wildman–Crippen LogP) is 2.68. The van der Waals surface area contributed by atoms with Crippen molar-refractivity contribution in [3.8, 4) is 5.88 Å². The molecule has 1 N–H and O–H groups in total. The number of carboxylic acid groups (broad SMARTS) is 1. The van der Waals surface area contributed by atoms with Crippen LogP contribution in [0.5, 0.6) is 5.88 Å². The molecule has 6 nitrogen and oxygen atoms in total. The van der Waals surface area contributed by atoms with Crippen molar-refractivity contribution in [1.82, 2.24) is 9.88 Å². The molecule has 2 aliphatic heterocycles. The number of alkyl halides is 3. The van der Waals surface area contributed by atoms with Crippen LogP contribution < -0.4 is 4.74 Å². The number of likely N-dealkylation sites (tertiary alicyclic amines) is 1. The summed E-state index contributed by atoms with van der Waals surface area (Å²) in [6.45, 7) is 1.56. The summed E-state index contributed by atoms with van der Waals surface area (Å²) in [6, 6.07) is 2.90. The van der Waals surface area contributed by atoms with Gasteiger partial charge in [-0.1, -0.05) is 0 Å². The third-order valence-electron chi connectivity index (χ3n) is 4.00. The Balaban J connectivity index is 0.000000345. The second-order valence-corrected chi connectivity index (χ2v) is 8.57. The molecular formula is C16H18F4N2O4S2. The van der Waals surface area contributed by atoms with Crippen LogP contribution in [0.15, 0.2) is 18.3 Å². The highest BCUT2D eigenvalue weighted by atomic mass is 32.2. The van der Waals surface area contributed by atoms with Crippen LogP contribution in [0.4, 0.5) is 17.6 Å². The quantitative estimate of drug-likeness (QED) is 0.719. The average Bonchev–Trinajstić information content (AvgIpc) is 3.00. The smallest absolute Gasteiger partial charge is 0.475 e. The topological polar surface area (TPSA) is 79.7 Å². The first-order valence-corrected chi connectivity index (χ1v) is 10.4. The Kier molecular flexibility index (Phi) is 7.43. The number of amides is 1. The van der Waals surface area contributed by atoms with Crippen molar-refractivity contribution in [3.63, 3.8) is 0 Å². The molecule has 3 heterocycles. The monoisotopic (exact) mass is 442 g/mol. The summed E-state index contributed by atoms with van der Waals surface area (Å²) in [5, 5.41) is 7.12. The first kappa shape index (κ1) is 22.6. The summed E-state index contributed by atoms with van der Waals surface area (Å²) in [5.74, 6) is -1.54. The van der Waals surface area contributed by atoms with Crippen LogP contribution in [0.3, 0.4) is 0 Å². The van der Waals surface area contributed by atoms with E-state index in [1.807, 2.05) is 22.9 Å². The lowest BCUT2D eigenvalue weighted by Crippen LogP contribution is -2.61. The van der Waals surface area contributed by atoms with Crippen molar-refractivity contribution < 1.29 is 37.0 Å². The fraction of sp³-hybridized carbons (Fsp3) is 0.562. The SMILES string of the molecule is CSCC(=O)N1CC2(CC(Oc3ncccc3F)CS2)C1.O=C(O)C(F)(F)F. The molecule has 1 aromatic heterocycles. The summed E-state index contributed by atoms with van der Waals surface area (Å²) < 4.78 is 51.0. The number of nitrogens with zero attached hydrogens (tertiary/aromatic N) is 2. The molecule has 3 rings (SSSR count). The van der Waals surface area contributed by atoms with Gasteiger partial charge in [-0.2, -0.15) is 24.9 Å². The van der Waals surface area contributed by atoms with Crippen LogP contribution in [-0.4, -0.2) is 74.7 Å². The molecule has 1 amide bonds. The number of carboxylic acids is 1. The summed E-state index contributed by atoms with van der Waals surface area (Å²) in [7, 11) is 0. The molecular weight excluding hydrogens is 424 g/mol. The minimum atomic E-state index is -5.08. The Bertz CT molecular complexity index is 714. The van der Waals surface area contributed by atoms with Gasteiger partial charge in [0.2, 0.25) is 5.91 Å². The Hall–Kier alpha value is -1.69. The van der Waals surface area contributed by atoms with Gasteiger partial charge in [-0.05, 0) is 18.4 Å². The van der Waals surface area contributed by atoms with Crippen LogP contribution >= 0.6 is 23.5 Å². The molecule has 0 radical (unpaired) electrons. The van der Waals surface area contributed by atoms with Gasteiger partial charge in [-0.15, -0.1) is 11.8 Å². The zero-order valence-corrected chi connectivity index (χ0v) is 16.4. The van der Waals surface area contributed by atoms with Crippen LogP contribution in [0.25, 0.3) is 0 Å². The molecule has 1 aromatic rings. The van der Waals surface area contributed by atoms with Gasteiger partial charge in [0, 0.05) is 31.5 Å². The molecule has 0 saturated carbocycles. The average molecular weight is 442 g/mol. The van der Waals surface area contributed by atoms with E-state index in [1.165, 1.54) is 12.3 Å². The van der Waals surface area contributed by atoms with Crippen molar-refractivity contribution >= 4 is 35.4 Å². The number of thioether (sulfide) groups is 2. The molecule has 2 saturated heterocycles. The number of carbonyl (C=O) groups is 2.